The van der Waals surface area contributed by atoms with Crippen LogP contribution in [0.25, 0.3) is 0 Å². The number of nitrogens with one attached hydrogen (secondary N) is 1. The molecule has 96 valence electrons. The predicted molar refractivity (Wildman–Crippen MR) is 68.5 cm³/mol. The Balaban J connectivity index is 1.91. The SMILES string of the molecule is NS(=O)(=O)c1ccc(NCCn2ccnc2)cc1. The number of nitrogens with two attached hydrogens (primary N) is 1. The zero-order chi connectivity index (χ0) is 13.0. The lowest BCUT2D eigenvalue weighted by molar-refractivity contribution is 0.598. The van der Waals surface area contributed by atoms with Crippen LogP contribution < -0.4 is 10.5 Å². The highest BCUT2D eigenvalue weighted by atomic mass is 32.2. The van der Waals surface area contributed by atoms with Gasteiger partial charge in [0, 0.05) is 31.2 Å². The maximum absolute atomic E-state index is 11.1. The van der Waals surface area contributed by atoms with Crippen molar-refractivity contribution < 1.29 is 8.42 Å². The molecule has 7 heteroatoms. The summed E-state index contributed by atoms with van der Waals surface area (Å²) in [5.41, 5.74) is 0.850. The predicted octanol–water partition coefficient (Wildman–Crippen LogP) is 0.643. The summed E-state index contributed by atoms with van der Waals surface area (Å²) < 4.78 is 24.1. The van der Waals surface area contributed by atoms with Crippen molar-refractivity contribution in [3.63, 3.8) is 0 Å². The van der Waals surface area contributed by atoms with Gasteiger partial charge in [-0.25, -0.2) is 18.5 Å². The summed E-state index contributed by atoms with van der Waals surface area (Å²) in [5, 5.41) is 8.19. The third-order valence-electron chi connectivity index (χ3n) is 2.44. The average Bonchev–Trinajstić information content (AvgIpc) is 2.82. The normalized spacial score (nSPS) is 11.4. The van der Waals surface area contributed by atoms with E-state index < -0.39 is 10.0 Å². The van der Waals surface area contributed by atoms with Gasteiger partial charge in [0.1, 0.15) is 0 Å². The summed E-state index contributed by atoms with van der Waals surface area (Å²) >= 11 is 0. The lowest BCUT2D eigenvalue weighted by Gasteiger charge is -2.07. The molecule has 0 aliphatic rings. The Labute approximate surface area is 106 Å². The molecule has 1 aromatic heterocycles. The van der Waals surface area contributed by atoms with E-state index >= 15 is 0 Å². The molecule has 0 saturated carbocycles. The van der Waals surface area contributed by atoms with Gasteiger partial charge < -0.3 is 9.88 Å². The fraction of sp³-hybridized carbons (Fsp3) is 0.182. The van der Waals surface area contributed by atoms with Crippen molar-refractivity contribution in [3.8, 4) is 0 Å². The molecule has 0 amide bonds. The van der Waals surface area contributed by atoms with Gasteiger partial charge in [0.25, 0.3) is 0 Å². The zero-order valence-corrected chi connectivity index (χ0v) is 10.5. The van der Waals surface area contributed by atoms with Gasteiger partial charge in [-0.15, -0.1) is 0 Å². The minimum atomic E-state index is -3.62. The van der Waals surface area contributed by atoms with Crippen molar-refractivity contribution in [3.05, 3.63) is 43.0 Å². The van der Waals surface area contributed by atoms with E-state index in [-0.39, 0.29) is 4.90 Å². The Morgan fingerprint density at radius 1 is 1.28 bits per heavy atom. The number of imidazole rings is 1. The second kappa shape index (κ2) is 5.19. The molecule has 0 aliphatic heterocycles. The van der Waals surface area contributed by atoms with Crippen molar-refractivity contribution in [2.45, 2.75) is 11.4 Å². The molecule has 0 bridgehead atoms. The molecule has 1 heterocycles. The van der Waals surface area contributed by atoms with Crippen molar-refractivity contribution >= 4 is 15.7 Å². The van der Waals surface area contributed by atoms with Gasteiger partial charge in [0.2, 0.25) is 10.0 Å². The Morgan fingerprint density at radius 3 is 2.56 bits per heavy atom. The van der Waals surface area contributed by atoms with Crippen LogP contribution in [0.3, 0.4) is 0 Å². The van der Waals surface area contributed by atoms with Crippen LogP contribution in [-0.4, -0.2) is 24.5 Å². The van der Waals surface area contributed by atoms with Gasteiger partial charge in [-0.3, -0.25) is 0 Å². The Hall–Kier alpha value is -1.86. The molecular formula is C11H14N4O2S. The Morgan fingerprint density at radius 2 is 2.00 bits per heavy atom. The van der Waals surface area contributed by atoms with Crippen LogP contribution in [0.15, 0.2) is 47.9 Å². The summed E-state index contributed by atoms with van der Waals surface area (Å²) in [6.07, 6.45) is 5.35. The number of aromatic nitrogens is 2. The molecule has 0 aliphatic carbocycles. The number of rotatable bonds is 5. The number of hydrogen-bond acceptors (Lipinski definition) is 4. The summed E-state index contributed by atoms with van der Waals surface area (Å²) in [5.74, 6) is 0. The molecule has 0 radical (unpaired) electrons. The second-order valence-electron chi connectivity index (χ2n) is 3.80. The third-order valence-corrected chi connectivity index (χ3v) is 3.37. The average molecular weight is 266 g/mol. The first-order valence-corrected chi connectivity index (χ1v) is 6.93. The zero-order valence-electron chi connectivity index (χ0n) is 9.65. The molecule has 2 aromatic rings. The molecule has 18 heavy (non-hydrogen) atoms. The van der Waals surface area contributed by atoms with E-state index in [1.165, 1.54) is 12.1 Å². The van der Waals surface area contributed by atoms with Gasteiger partial charge in [0.15, 0.2) is 0 Å². The first-order valence-electron chi connectivity index (χ1n) is 5.38. The van der Waals surface area contributed by atoms with Crippen molar-refractivity contribution in [1.29, 1.82) is 0 Å². The molecule has 0 unspecified atom stereocenters. The number of hydrogen-bond donors (Lipinski definition) is 2. The van der Waals surface area contributed by atoms with E-state index in [0.717, 1.165) is 18.8 Å². The van der Waals surface area contributed by atoms with E-state index in [4.69, 9.17) is 5.14 Å². The minimum absolute atomic E-state index is 0.114. The molecule has 1 aromatic carbocycles. The van der Waals surface area contributed by atoms with Gasteiger partial charge in [-0.1, -0.05) is 0 Å². The van der Waals surface area contributed by atoms with Gasteiger partial charge >= 0.3 is 0 Å². The van der Waals surface area contributed by atoms with E-state index in [9.17, 15) is 8.42 Å². The molecule has 2 rings (SSSR count). The number of anilines is 1. The van der Waals surface area contributed by atoms with E-state index in [1.807, 2.05) is 10.8 Å². The molecular weight excluding hydrogens is 252 g/mol. The monoisotopic (exact) mass is 266 g/mol. The van der Waals surface area contributed by atoms with Crippen molar-refractivity contribution in [2.75, 3.05) is 11.9 Å². The van der Waals surface area contributed by atoms with Crippen LogP contribution in [0.1, 0.15) is 0 Å². The van der Waals surface area contributed by atoms with Crippen molar-refractivity contribution in [2.24, 2.45) is 5.14 Å². The van der Waals surface area contributed by atoms with E-state index in [2.05, 4.69) is 10.3 Å². The van der Waals surface area contributed by atoms with Crippen molar-refractivity contribution in [1.82, 2.24) is 9.55 Å². The number of sulfonamides is 1. The topological polar surface area (TPSA) is 90.0 Å². The Kier molecular flexibility index (Phi) is 3.63. The van der Waals surface area contributed by atoms with Gasteiger partial charge in [-0.05, 0) is 24.3 Å². The lowest BCUT2D eigenvalue weighted by Crippen LogP contribution is -2.12. The highest BCUT2D eigenvalue weighted by molar-refractivity contribution is 7.89. The summed E-state index contributed by atoms with van der Waals surface area (Å²) in [6, 6.07) is 6.34. The van der Waals surface area contributed by atoms with Gasteiger partial charge in [0.05, 0.1) is 11.2 Å². The third kappa shape index (κ3) is 3.31. The van der Waals surface area contributed by atoms with Crippen LogP contribution >= 0.6 is 0 Å². The van der Waals surface area contributed by atoms with Crippen LogP contribution in [-0.2, 0) is 16.6 Å². The summed E-state index contributed by atoms with van der Waals surface area (Å²) in [6.45, 7) is 1.52. The largest absolute Gasteiger partial charge is 0.383 e. The molecule has 6 nitrogen and oxygen atoms in total. The second-order valence-corrected chi connectivity index (χ2v) is 5.36. The molecule has 0 fully saturated rings. The maximum Gasteiger partial charge on any atom is 0.238 e. The fourth-order valence-electron chi connectivity index (χ4n) is 1.51. The molecule has 0 spiro atoms. The van der Waals surface area contributed by atoms with E-state index in [1.54, 1.807) is 24.7 Å². The first-order chi connectivity index (χ1) is 8.55. The molecule has 0 atom stereocenters. The van der Waals surface area contributed by atoms with Gasteiger partial charge in [-0.2, -0.15) is 0 Å². The van der Waals surface area contributed by atoms with E-state index in [0.29, 0.717) is 0 Å². The maximum atomic E-state index is 11.1. The molecule has 3 N–H and O–H groups in total. The lowest BCUT2D eigenvalue weighted by atomic mass is 10.3. The fourth-order valence-corrected chi connectivity index (χ4v) is 2.03. The summed E-state index contributed by atoms with van der Waals surface area (Å²) in [7, 11) is -3.62. The number of benzene rings is 1. The number of nitrogens with zero attached hydrogens (tertiary/aromatic N) is 2. The molecule has 0 saturated heterocycles. The highest BCUT2D eigenvalue weighted by Gasteiger charge is 2.06. The highest BCUT2D eigenvalue weighted by Crippen LogP contribution is 2.12. The quantitative estimate of drug-likeness (QED) is 0.831. The summed E-state index contributed by atoms with van der Waals surface area (Å²) in [4.78, 5) is 4.05. The number of primary sulfonamides is 1. The first kappa shape index (κ1) is 12.6. The van der Waals surface area contributed by atoms with Crippen LogP contribution in [0.5, 0.6) is 0 Å². The van der Waals surface area contributed by atoms with Crippen LogP contribution in [0.2, 0.25) is 0 Å². The minimum Gasteiger partial charge on any atom is -0.383 e. The standard InChI is InChI=1S/C11H14N4O2S/c12-18(16,17)11-3-1-10(2-4-11)14-6-8-15-7-5-13-9-15/h1-5,7,9,14H,6,8H2,(H2,12,16,17). The van der Waals surface area contributed by atoms with Crippen LogP contribution in [0, 0.1) is 0 Å². The Bertz CT molecular complexity index is 590. The smallest absolute Gasteiger partial charge is 0.238 e. The van der Waals surface area contributed by atoms with Crippen LogP contribution in [0.4, 0.5) is 5.69 Å².